The number of para-hydroxylation sites is 1. The normalized spacial score (nSPS) is 19.6. The van der Waals surface area contributed by atoms with Crippen molar-refractivity contribution in [2.45, 2.75) is 35.1 Å². The first-order valence-electron chi connectivity index (χ1n) is 13.3. The molecule has 3 atom stereocenters. The predicted octanol–water partition coefficient (Wildman–Crippen LogP) is 7.14. The van der Waals surface area contributed by atoms with Gasteiger partial charge >= 0.3 is 17.2 Å². The minimum absolute atomic E-state index is 0.160. The highest BCUT2D eigenvalue weighted by Gasteiger charge is 2.57. The molecule has 238 valence electrons. The van der Waals surface area contributed by atoms with Crippen LogP contribution >= 0.6 is 39.0 Å². The van der Waals surface area contributed by atoms with Crippen molar-refractivity contribution in [3.05, 3.63) is 109 Å². The van der Waals surface area contributed by atoms with Crippen LogP contribution in [-0.2, 0) is 33.3 Å². The zero-order valence-electron chi connectivity index (χ0n) is 22.9. The van der Waals surface area contributed by atoms with Crippen molar-refractivity contribution in [2.24, 2.45) is 5.92 Å². The molecule has 0 saturated carbocycles. The first kappa shape index (κ1) is 32.1. The van der Waals surface area contributed by atoms with Gasteiger partial charge in [-0.2, -0.15) is 26.3 Å². The van der Waals surface area contributed by atoms with Crippen molar-refractivity contribution < 1.29 is 40.7 Å². The van der Waals surface area contributed by atoms with Crippen molar-refractivity contribution in [1.82, 2.24) is 4.57 Å². The molecule has 1 saturated heterocycles. The van der Waals surface area contributed by atoms with Crippen LogP contribution in [0.1, 0.15) is 27.5 Å². The molecule has 2 aliphatic rings. The maximum atomic E-state index is 14.0. The molecule has 3 aromatic carbocycles. The monoisotopic (exact) mass is 741 g/mol. The fraction of sp³-hybridized carbons (Fsp3) is 0.200. The molecular formula is C30H18BrF6N3O4S2. The number of thioether (sulfide) groups is 1. The molecule has 3 heterocycles. The molecular weight excluding hydrogens is 724 g/mol. The number of hydrogen-bond donors (Lipinski definition) is 1. The van der Waals surface area contributed by atoms with E-state index in [4.69, 9.17) is 0 Å². The maximum Gasteiger partial charge on any atom is 0.418 e. The molecule has 1 aromatic heterocycles. The summed E-state index contributed by atoms with van der Waals surface area (Å²) in [5, 5.41) is 1.25. The van der Waals surface area contributed by atoms with Gasteiger partial charge in [-0.1, -0.05) is 69.4 Å². The Labute approximate surface area is 272 Å². The number of nitrogens with zero attached hydrogens (tertiary/aromatic N) is 2. The summed E-state index contributed by atoms with van der Waals surface area (Å²) in [6.45, 7) is -0.640. The molecule has 0 bridgehead atoms. The van der Waals surface area contributed by atoms with Crippen LogP contribution in [0.15, 0.2) is 87.1 Å². The van der Waals surface area contributed by atoms with Crippen LogP contribution in [0.4, 0.5) is 37.7 Å². The van der Waals surface area contributed by atoms with Gasteiger partial charge in [-0.15, -0.1) is 0 Å². The number of halogens is 7. The zero-order valence-corrected chi connectivity index (χ0v) is 26.1. The van der Waals surface area contributed by atoms with Crippen LogP contribution in [0.25, 0.3) is 0 Å². The van der Waals surface area contributed by atoms with Gasteiger partial charge in [0.05, 0.1) is 27.8 Å². The van der Waals surface area contributed by atoms with E-state index in [2.05, 4.69) is 21.2 Å². The second-order valence-electron chi connectivity index (χ2n) is 10.4. The first-order chi connectivity index (χ1) is 21.6. The summed E-state index contributed by atoms with van der Waals surface area (Å²) in [6, 6.07) is 14.9. The van der Waals surface area contributed by atoms with Gasteiger partial charge in [-0.25, -0.2) is 4.90 Å². The smallest absolute Gasteiger partial charge is 0.325 e. The number of aromatic nitrogens is 1. The summed E-state index contributed by atoms with van der Waals surface area (Å²) in [6.07, 6.45) is -9.52. The highest BCUT2D eigenvalue weighted by atomic mass is 79.9. The van der Waals surface area contributed by atoms with E-state index >= 15 is 0 Å². The number of imide groups is 1. The van der Waals surface area contributed by atoms with Crippen LogP contribution in [0, 0.1) is 5.92 Å². The van der Waals surface area contributed by atoms with E-state index in [9.17, 15) is 45.5 Å². The number of anilines is 2. The second kappa shape index (κ2) is 11.7. The van der Waals surface area contributed by atoms with E-state index < -0.39 is 75.4 Å². The van der Waals surface area contributed by atoms with Gasteiger partial charge in [-0.3, -0.25) is 23.7 Å². The van der Waals surface area contributed by atoms with E-state index in [-0.39, 0.29) is 10.7 Å². The van der Waals surface area contributed by atoms with Gasteiger partial charge in [0.15, 0.2) is 0 Å². The predicted molar refractivity (Wildman–Crippen MR) is 162 cm³/mol. The average molecular weight is 743 g/mol. The Balaban J connectivity index is 1.40. The quantitative estimate of drug-likeness (QED) is 0.174. The fourth-order valence-electron chi connectivity index (χ4n) is 5.58. The Morgan fingerprint density at radius 1 is 0.870 bits per heavy atom. The highest BCUT2D eigenvalue weighted by Crippen LogP contribution is 2.54. The number of carbonyl (C=O) groups is 3. The number of hydrogen-bond acceptors (Lipinski definition) is 6. The van der Waals surface area contributed by atoms with Gasteiger partial charge in [0.2, 0.25) is 17.7 Å². The Hall–Kier alpha value is -3.89. The number of rotatable bonds is 5. The van der Waals surface area contributed by atoms with Crippen molar-refractivity contribution in [2.75, 3.05) is 10.2 Å². The van der Waals surface area contributed by atoms with Crippen molar-refractivity contribution in [3.8, 4) is 0 Å². The van der Waals surface area contributed by atoms with Crippen LogP contribution in [0.2, 0.25) is 0 Å². The molecule has 1 fully saturated rings. The average Bonchev–Trinajstić information content (AvgIpc) is 3.42. The lowest BCUT2D eigenvalue weighted by Crippen LogP contribution is -2.33. The van der Waals surface area contributed by atoms with Gasteiger partial charge in [0.1, 0.15) is 11.8 Å². The molecule has 0 aliphatic carbocycles. The van der Waals surface area contributed by atoms with Crippen LogP contribution < -0.4 is 15.1 Å². The summed E-state index contributed by atoms with van der Waals surface area (Å²) in [7, 11) is 0. The van der Waals surface area contributed by atoms with E-state index in [1.54, 1.807) is 24.3 Å². The zero-order chi connectivity index (χ0) is 33.1. The van der Waals surface area contributed by atoms with E-state index in [1.165, 1.54) is 12.1 Å². The van der Waals surface area contributed by atoms with E-state index in [0.29, 0.717) is 31.2 Å². The topological polar surface area (TPSA) is 88.5 Å². The number of thiazole rings is 1. The lowest BCUT2D eigenvalue weighted by atomic mass is 9.83. The van der Waals surface area contributed by atoms with Crippen LogP contribution in [0.5, 0.6) is 0 Å². The van der Waals surface area contributed by atoms with Crippen molar-refractivity contribution >= 4 is 68.1 Å². The number of alkyl halides is 6. The third kappa shape index (κ3) is 5.77. The SMILES string of the molecule is O=C(Cn1c2c(sc1=O)[C@H](c1cccc(Br)c1)C1C(=O)N(c3ccccc3C(F)(F)F)C(=O)C1S2)Nc1cccc(C(F)(F)F)c1. The number of amides is 3. The Morgan fingerprint density at radius 3 is 2.28 bits per heavy atom. The van der Waals surface area contributed by atoms with Gasteiger partial charge in [-0.05, 0) is 48.0 Å². The molecule has 4 aromatic rings. The fourth-order valence-corrected chi connectivity index (χ4v) is 8.77. The molecule has 1 N–H and O–H groups in total. The first-order valence-corrected chi connectivity index (χ1v) is 15.8. The summed E-state index contributed by atoms with van der Waals surface area (Å²) in [4.78, 5) is 54.3. The minimum atomic E-state index is -4.87. The van der Waals surface area contributed by atoms with E-state index in [1.807, 2.05) is 0 Å². The standard InChI is InChI=1S/C30H18BrF6N3O4S2/c31-16-7-3-5-14(11-16)21-22-23(26(43)40(25(22)42)19-10-2-1-9-18(19)30(35,36)37)45-27-24(21)46-28(44)39(27)13-20(41)38-17-8-4-6-15(12-17)29(32,33)34/h1-12,21-23H,13H2,(H,38,41)/t21-,22?,23?/m1/s1. The number of benzene rings is 3. The summed E-state index contributed by atoms with van der Waals surface area (Å²) in [5.41, 5.74) is -2.44. The number of nitrogens with one attached hydrogen (secondary N) is 1. The Kier molecular flexibility index (Phi) is 8.17. The lowest BCUT2D eigenvalue weighted by molar-refractivity contribution is -0.138. The van der Waals surface area contributed by atoms with Crippen LogP contribution in [0.3, 0.4) is 0 Å². The van der Waals surface area contributed by atoms with Crippen molar-refractivity contribution in [3.63, 3.8) is 0 Å². The maximum absolute atomic E-state index is 14.0. The van der Waals surface area contributed by atoms with Gasteiger partial charge in [0.25, 0.3) is 0 Å². The summed E-state index contributed by atoms with van der Waals surface area (Å²) >= 11 is 4.88. The Bertz CT molecular complexity index is 1960. The third-order valence-corrected chi connectivity index (χ3v) is 10.6. The van der Waals surface area contributed by atoms with Crippen molar-refractivity contribution in [1.29, 1.82) is 0 Å². The molecule has 2 unspecified atom stereocenters. The summed E-state index contributed by atoms with van der Waals surface area (Å²) < 4.78 is 83.0. The molecule has 6 rings (SSSR count). The Morgan fingerprint density at radius 2 is 1.59 bits per heavy atom. The molecule has 46 heavy (non-hydrogen) atoms. The number of carbonyl (C=O) groups excluding carboxylic acids is 3. The second-order valence-corrected chi connectivity index (χ2v) is 13.4. The molecule has 2 aliphatic heterocycles. The lowest BCUT2D eigenvalue weighted by Gasteiger charge is -2.30. The molecule has 7 nitrogen and oxygen atoms in total. The minimum Gasteiger partial charge on any atom is -0.325 e. The van der Waals surface area contributed by atoms with Gasteiger partial charge in [0, 0.05) is 21.0 Å². The van der Waals surface area contributed by atoms with Gasteiger partial charge < -0.3 is 5.32 Å². The summed E-state index contributed by atoms with van der Waals surface area (Å²) in [5.74, 6) is -4.75. The number of fused-ring (bicyclic) bond motifs is 2. The molecule has 16 heteroatoms. The van der Waals surface area contributed by atoms with E-state index in [0.717, 1.165) is 52.7 Å². The van der Waals surface area contributed by atoms with Crippen LogP contribution in [-0.4, -0.2) is 27.5 Å². The largest absolute Gasteiger partial charge is 0.418 e. The molecule has 0 radical (unpaired) electrons. The highest BCUT2D eigenvalue weighted by molar-refractivity contribution is 9.10. The molecule has 3 amide bonds. The molecule has 0 spiro atoms. The third-order valence-electron chi connectivity index (χ3n) is 7.48.